The Balaban J connectivity index is 1.59. The molecule has 3 aromatic carbocycles. The van der Waals surface area contributed by atoms with E-state index in [2.05, 4.69) is 56.3 Å². The standard InChI is InChI=1S/C36H35N5O5/c1-44-25-14-15-26(27-21-37-35(46-3)40-32(27)45-2)28(20-25)36(34-38-29-16-13-23(33(42)43)19-30(29)39-34)18-17-22-9-7-8-12-31(22)41(36)24-10-5-4-6-11-24/h7-9,12-21,24H,4-6,10-11H2,1-3H3,(H,38,39)(H,42,43). The van der Waals surface area contributed by atoms with E-state index in [4.69, 9.17) is 19.2 Å². The maximum Gasteiger partial charge on any atom is 0.335 e. The summed E-state index contributed by atoms with van der Waals surface area (Å²) in [6.45, 7) is 0. The van der Waals surface area contributed by atoms with Gasteiger partial charge in [0.25, 0.3) is 0 Å². The minimum absolute atomic E-state index is 0.188. The summed E-state index contributed by atoms with van der Waals surface area (Å²) in [6, 6.07) is 19.8. The van der Waals surface area contributed by atoms with Gasteiger partial charge < -0.3 is 29.2 Å². The number of hydrogen-bond donors (Lipinski definition) is 2. The predicted molar refractivity (Wildman–Crippen MR) is 176 cm³/mol. The summed E-state index contributed by atoms with van der Waals surface area (Å²) in [6.07, 6.45) is 11.5. The fourth-order valence-electron chi connectivity index (χ4n) is 7.01. The number of H-pyrrole nitrogens is 1. The first-order valence-electron chi connectivity index (χ1n) is 15.4. The fraction of sp³-hybridized carbons (Fsp3) is 0.278. The third-order valence-corrected chi connectivity index (χ3v) is 9.15. The summed E-state index contributed by atoms with van der Waals surface area (Å²) < 4.78 is 16.9. The molecule has 234 valence electrons. The van der Waals surface area contributed by atoms with Crippen molar-refractivity contribution < 1.29 is 24.1 Å². The monoisotopic (exact) mass is 617 g/mol. The van der Waals surface area contributed by atoms with Gasteiger partial charge in [-0.15, -0.1) is 0 Å². The number of carbonyl (C=O) groups is 1. The van der Waals surface area contributed by atoms with Crippen LogP contribution >= 0.6 is 0 Å². The van der Waals surface area contributed by atoms with Crippen LogP contribution in [-0.2, 0) is 5.54 Å². The molecule has 46 heavy (non-hydrogen) atoms. The number of aromatic carboxylic acids is 1. The van der Waals surface area contributed by atoms with Crippen molar-refractivity contribution in [2.45, 2.75) is 43.7 Å². The van der Waals surface area contributed by atoms with Crippen molar-refractivity contribution in [1.82, 2.24) is 19.9 Å². The Labute approximate surface area is 266 Å². The Hall–Kier alpha value is -5.38. The molecule has 0 saturated heterocycles. The second kappa shape index (κ2) is 11.8. The highest BCUT2D eigenvalue weighted by molar-refractivity contribution is 5.92. The van der Waals surface area contributed by atoms with Crippen LogP contribution in [0.5, 0.6) is 17.6 Å². The zero-order valence-electron chi connectivity index (χ0n) is 26.0. The third-order valence-electron chi connectivity index (χ3n) is 9.15. The number of imidazole rings is 1. The van der Waals surface area contributed by atoms with Crippen LogP contribution in [0.4, 0.5) is 5.69 Å². The molecule has 1 fully saturated rings. The van der Waals surface area contributed by atoms with Gasteiger partial charge >= 0.3 is 12.0 Å². The molecule has 2 aromatic heterocycles. The third kappa shape index (κ3) is 4.81. The number of ether oxygens (including phenoxy) is 3. The van der Waals surface area contributed by atoms with Gasteiger partial charge in [0.15, 0.2) is 0 Å². The average Bonchev–Trinajstić information content (AvgIpc) is 3.55. The molecule has 2 aliphatic rings. The molecule has 2 N–H and O–H groups in total. The van der Waals surface area contributed by atoms with Crippen LogP contribution in [0.3, 0.4) is 0 Å². The van der Waals surface area contributed by atoms with Crippen LogP contribution in [0, 0.1) is 0 Å². The van der Waals surface area contributed by atoms with Crippen LogP contribution in [0.1, 0.15) is 59.4 Å². The van der Waals surface area contributed by atoms with Crippen LogP contribution in [-0.4, -0.2) is 58.4 Å². The molecular formula is C36H35N5O5. The van der Waals surface area contributed by atoms with Gasteiger partial charge in [0.1, 0.15) is 17.1 Å². The number of methoxy groups -OCH3 is 3. The number of para-hydroxylation sites is 1. The predicted octanol–water partition coefficient (Wildman–Crippen LogP) is 6.85. The molecule has 1 unspecified atom stereocenters. The molecule has 5 aromatic rings. The quantitative estimate of drug-likeness (QED) is 0.192. The summed E-state index contributed by atoms with van der Waals surface area (Å²) in [5.74, 6) is 0.703. The first kappa shape index (κ1) is 29.3. The first-order valence-corrected chi connectivity index (χ1v) is 15.4. The first-order chi connectivity index (χ1) is 22.5. The Morgan fingerprint density at radius 1 is 0.935 bits per heavy atom. The number of carboxylic acids is 1. The van der Waals surface area contributed by atoms with E-state index in [1.54, 1.807) is 38.6 Å². The highest BCUT2D eigenvalue weighted by Crippen LogP contribution is 2.51. The van der Waals surface area contributed by atoms with Crippen molar-refractivity contribution >= 4 is 28.8 Å². The van der Waals surface area contributed by atoms with E-state index in [9.17, 15) is 9.90 Å². The van der Waals surface area contributed by atoms with E-state index in [0.717, 1.165) is 48.1 Å². The largest absolute Gasteiger partial charge is 0.497 e. The summed E-state index contributed by atoms with van der Waals surface area (Å²) in [5, 5.41) is 9.76. The van der Waals surface area contributed by atoms with Gasteiger partial charge in [-0.25, -0.2) is 14.8 Å². The van der Waals surface area contributed by atoms with Gasteiger partial charge in [0, 0.05) is 23.5 Å². The van der Waals surface area contributed by atoms with Crippen LogP contribution in [0.2, 0.25) is 0 Å². The lowest BCUT2D eigenvalue weighted by atomic mass is 9.76. The Bertz CT molecular complexity index is 1960. The summed E-state index contributed by atoms with van der Waals surface area (Å²) in [5.41, 5.74) is 5.12. The molecule has 3 heterocycles. The van der Waals surface area contributed by atoms with E-state index < -0.39 is 11.5 Å². The molecule has 1 atom stereocenters. The number of anilines is 1. The lowest BCUT2D eigenvalue weighted by Crippen LogP contribution is -2.54. The Morgan fingerprint density at radius 2 is 1.76 bits per heavy atom. The molecule has 1 saturated carbocycles. The fourth-order valence-corrected chi connectivity index (χ4v) is 7.01. The van der Waals surface area contributed by atoms with Crippen LogP contribution in [0.15, 0.2) is 72.9 Å². The molecule has 0 radical (unpaired) electrons. The number of benzene rings is 3. The summed E-state index contributed by atoms with van der Waals surface area (Å²) in [4.78, 5) is 32.2. The van der Waals surface area contributed by atoms with Crippen molar-refractivity contribution in [1.29, 1.82) is 0 Å². The SMILES string of the molecule is COc1ccc(-c2cnc(OC)nc2OC)c(C2(c3nc4ccc(C(=O)O)cc4[nH]3)C=Cc3ccccc3N2C2CCCCC2)c1. The van der Waals surface area contributed by atoms with E-state index in [0.29, 0.717) is 34.1 Å². The van der Waals surface area contributed by atoms with Crippen molar-refractivity contribution in [2.75, 3.05) is 26.2 Å². The Morgan fingerprint density at radius 3 is 2.52 bits per heavy atom. The number of carboxylic acid groups (broad SMARTS) is 1. The van der Waals surface area contributed by atoms with Gasteiger partial charge in [-0.1, -0.05) is 49.6 Å². The smallest absolute Gasteiger partial charge is 0.335 e. The molecule has 10 nitrogen and oxygen atoms in total. The number of fused-ring (bicyclic) bond motifs is 2. The zero-order valence-corrected chi connectivity index (χ0v) is 26.0. The van der Waals surface area contributed by atoms with Gasteiger partial charge in [0.2, 0.25) is 5.88 Å². The summed E-state index contributed by atoms with van der Waals surface area (Å²) in [7, 11) is 4.75. The Kier molecular flexibility index (Phi) is 7.56. The van der Waals surface area contributed by atoms with Gasteiger partial charge in [0.05, 0.1) is 43.5 Å². The zero-order chi connectivity index (χ0) is 31.8. The highest BCUT2D eigenvalue weighted by Gasteiger charge is 2.48. The molecule has 10 heteroatoms. The number of rotatable bonds is 8. The molecule has 1 aliphatic heterocycles. The summed E-state index contributed by atoms with van der Waals surface area (Å²) >= 11 is 0. The van der Waals surface area contributed by atoms with E-state index in [-0.39, 0.29) is 17.6 Å². The van der Waals surface area contributed by atoms with Crippen molar-refractivity contribution in [3.05, 3.63) is 95.5 Å². The molecule has 0 amide bonds. The molecule has 0 spiro atoms. The minimum Gasteiger partial charge on any atom is -0.497 e. The number of nitrogens with one attached hydrogen (secondary N) is 1. The van der Waals surface area contributed by atoms with E-state index in [1.165, 1.54) is 13.5 Å². The number of nitrogens with zero attached hydrogens (tertiary/aromatic N) is 4. The lowest BCUT2D eigenvalue weighted by Gasteiger charge is -2.51. The molecule has 1 aliphatic carbocycles. The van der Waals surface area contributed by atoms with Crippen molar-refractivity contribution in [3.8, 4) is 28.8 Å². The number of aromatic nitrogens is 4. The lowest BCUT2D eigenvalue weighted by molar-refractivity contribution is 0.0697. The topological polar surface area (TPSA) is 123 Å². The maximum atomic E-state index is 11.9. The van der Waals surface area contributed by atoms with Crippen molar-refractivity contribution in [2.24, 2.45) is 0 Å². The van der Waals surface area contributed by atoms with Gasteiger partial charge in [-0.3, -0.25) is 0 Å². The molecular weight excluding hydrogens is 582 g/mol. The number of hydrogen-bond acceptors (Lipinski definition) is 8. The maximum absolute atomic E-state index is 11.9. The average molecular weight is 618 g/mol. The molecule has 7 rings (SSSR count). The van der Waals surface area contributed by atoms with Crippen LogP contribution in [0.25, 0.3) is 28.2 Å². The minimum atomic E-state index is -0.996. The normalized spacial score (nSPS) is 17.9. The second-order valence-corrected chi connectivity index (χ2v) is 11.6. The van der Waals surface area contributed by atoms with E-state index in [1.807, 2.05) is 18.2 Å². The van der Waals surface area contributed by atoms with Crippen LogP contribution < -0.4 is 19.1 Å². The van der Waals surface area contributed by atoms with E-state index >= 15 is 0 Å². The van der Waals surface area contributed by atoms with Gasteiger partial charge in [-0.05, 0) is 66.4 Å². The number of aromatic amines is 1. The second-order valence-electron chi connectivity index (χ2n) is 11.6. The van der Waals surface area contributed by atoms with Gasteiger partial charge in [-0.2, -0.15) is 4.98 Å². The van der Waals surface area contributed by atoms with Crippen molar-refractivity contribution in [3.63, 3.8) is 0 Å². The highest BCUT2D eigenvalue weighted by atomic mass is 16.5. The molecule has 0 bridgehead atoms.